The average molecular weight is 288 g/mol. The normalized spacial score (nSPS) is 15.2. The molecule has 0 aromatic heterocycles. The van der Waals surface area contributed by atoms with Gasteiger partial charge < -0.3 is 11.1 Å². The molecule has 19 heavy (non-hydrogen) atoms. The molecule has 1 unspecified atom stereocenters. The van der Waals surface area contributed by atoms with Crippen molar-refractivity contribution in [3.8, 4) is 0 Å². The fourth-order valence-corrected chi connectivity index (χ4v) is 2.63. The summed E-state index contributed by atoms with van der Waals surface area (Å²) in [6, 6.07) is 0. The van der Waals surface area contributed by atoms with Gasteiger partial charge in [0.15, 0.2) is 9.84 Å². The van der Waals surface area contributed by atoms with Gasteiger partial charge in [-0.2, -0.15) is 0 Å². The Morgan fingerprint density at radius 3 is 2.42 bits per heavy atom. The van der Waals surface area contributed by atoms with E-state index in [1.165, 1.54) is 6.26 Å². The number of hydrogen-bond acceptors (Lipinski definition) is 4. The first kappa shape index (κ1) is 17.9. The maximum Gasteiger partial charge on any atom is 0.226 e. The second-order valence-electron chi connectivity index (χ2n) is 4.84. The fourth-order valence-electron chi connectivity index (χ4n) is 1.72. The molecule has 0 saturated heterocycles. The smallest absolute Gasteiger partial charge is 0.226 e. The van der Waals surface area contributed by atoms with E-state index in [1.807, 2.05) is 6.92 Å². The van der Waals surface area contributed by atoms with Crippen LogP contribution >= 0.6 is 0 Å². The summed E-state index contributed by atoms with van der Waals surface area (Å²) < 4.78 is 22.3. The first-order valence-corrected chi connectivity index (χ1v) is 8.23. The van der Waals surface area contributed by atoms with Crippen LogP contribution in [0.3, 0.4) is 0 Å². The van der Waals surface area contributed by atoms with Crippen LogP contribution in [0, 0.1) is 5.92 Å². The van der Waals surface area contributed by atoms with Crippen LogP contribution in [0.4, 0.5) is 0 Å². The third kappa shape index (κ3) is 9.44. The van der Waals surface area contributed by atoms with E-state index in [2.05, 4.69) is 5.32 Å². The molecule has 0 saturated carbocycles. The number of sulfone groups is 1. The van der Waals surface area contributed by atoms with Crippen LogP contribution in [0.15, 0.2) is 23.3 Å². The van der Waals surface area contributed by atoms with E-state index < -0.39 is 9.84 Å². The van der Waals surface area contributed by atoms with Crippen molar-refractivity contribution in [3.63, 3.8) is 0 Å². The highest BCUT2D eigenvalue weighted by atomic mass is 32.2. The van der Waals surface area contributed by atoms with Gasteiger partial charge >= 0.3 is 0 Å². The largest absolute Gasteiger partial charge is 0.354 e. The molecule has 0 bridgehead atoms. The summed E-state index contributed by atoms with van der Waals surface area (Å²) in [6.07, 6.45) is 4.79. The van der Waals surface area contributed by atoms with E-state index in [4.69, 9.17) is 5.73 Å². The van der Waals surface area contributed by atoms with Gasteiger partial charge in [0.05, 0.1) is 11.7 Å². The Hall–Kier alpha value is -1.14. The first-order chi connectivity index (χ1) is 8.65. The zero-order valence-electron chi connectivity index (χ0n) is 12.1. The molecule has 3 N–H and O–H groups in total. The molecule has 6 heteroatoms. The standard InChI is InChI=1S/C13H24N2O3S/c1-10(7-11(2)9-19(4,17)18)8-12(3)13(16)15-6-5-14/h7-8,12H,5-6,9,14H2,1-4H3,(H,15,16)/b10-8+,11-7+. The maximum atomic E-state index is 11.6. The fraction of sp³-hybridized carbons (Fsp3) is 0.615. The third-order valence-electron chi connectivity index (χ3n) is 2.33. The van der Waals surface area contributed by atoms with Crippen LogP contribution in [-0.4, -0.2) is 39.4 Å². The van der Waals surface area contributed by atoms with Crippen LogP contribution in [0.5, 0.6) is 0 Å². The van der Waals surface area contributed by atoms with E-state index in [1.54, 1.807) is 26.0 Å². The number of hydrogen-bond donors (Lipinski definition) is 2. The third-order valence-corrected chi connectivity index (χ3v) is 3.31. The van der Waals surface area contributed by atoms with Gasteiger partial charge in [-0.05, 0) is 13.8 Å². The Kier molecular flexibility index (Phi) is 7.63. The molecule has 110 valence electrons. The Balaban J connectivity index is 4.63. The number of nitrogens with one attached hydrogen (secondary N) is 1. The van der Waals surface area contributed by atoms with Crippen molar-refractivity contribution in [1.82, 2.24) is 5.32 Å². The molecular formula is C13H24N2O3S. The van der Waals surface area contributed by atoms with Gasteiger partial charge in [-0.15, -0.1) is 0 Å². The SMILES string of the molecule is CC(=C\C(C)C(=O)NCCN)/C=C(\C)CS(C)(=O)=O. The van der Waals surface area contributed by atoms with E-state index in [-0.39, 0.29) is 17.6 Å². The summed E-state index contributed by atoms with van der Waals surface area (Å²) >= 11 is 0. The van der Waals surface area contributed by atoms with Crippen molar-refractivity contribution >= 4 is 15.7 Å². The van der Waals surface area contributed by atoms with Crippen molar-refractivity contribution in [2.24, 2.45) is 11.7 Å². The van der Waals surface area contributed by atoms with Gasteiger partial charge in [-0.1, -0.05) is 30.2 Å². The number of nitrogens with two attached hydrogens (primary N) is 1. The van der Waals surface area contributed by atoms with Crippen molar-refractivity contribution in [1.29, 1.82) is 0 Å². The van der Waals surface area contributed by atoms with E-state index >= 15 is 0 Å². The van der Waals surface area contributed by atoms with E-state index in [0.717, 1.165) is 11.1 Å². The number of carbonyl (C=O) groups excluding carboxylic acids is 1. The second-order valence-corrected chi connectivity index (χ2v) is 6.98. The minimum absolute atomic E-state index is 0.0337. The lowest BCUT2D eigenvalue weighted by Crippen LogP contribution is -2.32. The molecule has 0 spiro atoms. The quantitative estimate of drug-likeness (QED) is 0.673. The van der Waals surface area contributed by atoms with Gasteiger partial charge in [0.2, 0.25) is 5.91 Å². The van der Waals surface area contributed by atoms with Crippen LogP contribution in [0.2, 0.25) is 0 Å². The minimum atomic E-state index is -3.01. The predicted octanol–water partition coefficient (Wildman–Crippen LogP) is 0.635. The van der Waals surface area contributed by atoms with Crippen LogP contribution in [0.25, 0.3) is 0 Å². The molecule has 0 heterocycles. The highest BCUT2D eigenvalue weighted by Crippen LogP contribution is 2.08. The van der Waals surface area contributed by atoms with Gasteiger partial charge in [-0.3, -0.25) is 4.79 Å². The molecule has 0 rings (SSSR count). The van der Waals surface area contributed by atoms with Crippen molar-refractivity contribution in [2.75, 3.05) is 25.1 Å². The maximum absolute atomic E-state index is 11.6. The van der Waals surface area contributed by atoms with Crippen LogP contribution in [0.1, 0.15) is 20.8 Å². The van der Waals surface area contributed by atoms with Crippen LogP contribution in [-0.2, 0) is 14.6 Å². The van der Waals surface area contributed by atoms with Crippen molar-refractivity contribution in [2.45, 2.75) is 20.8 Å². The zero-order valence-corrected chi connectivity index (χ0v) is 12.9. The Morgan fingerprint density at radius 1 is 1.37 bits per heavy atom. The topological polar surface area (TPSA) is 89.3 Å². The summed E-state index contributed by atoms with van der Waals surface area (Å²) in [6.45, 7) is 6.26. The molecular weight excluding hydrogens is 264 g/mol. The molecule has 0 aliphatic carbocycles. The Morgan fingerprint density at radius 2 is 1.95 bits per heavy atom. The molecule has 0 aliphatic heterocycles. The highest BCUT2D eigenvalue weighted by Gasteiger charge is 2.09. The van der Waals surface area contributed by atoms with Gasteiger partial charge in [0.1, 0.15) is 0 Å². The zero-order chi connectivity index (χ0) is 15.1. The number of carbonyl (C=O) groups is 1. The molecule has 1 amide bonds. The molecule has 0 aromatic rings. The number of amides is 1. The summed E-state index contributed by atoms with van der Waals surface area (Å²) in [5, 5.41) is 2.70. The van der Waals surface area contributed by atoms with Crippen molar-refractivity contribution < 1.29 is 13.2 Å². The summed E-state index contributed by atoms with van der Waals surface area (Å²) in [5.41, 5.74) is 6.93. The summed E-state index contributed by atoms with van der Waals surface area (Å²) in [4.78, 5) is 11.6. The van der Waals surface area contributed by atoms with Gasteiger partial charge in [0, 0.05) is 19.3 Å². The first-order valence-electron chi connectivity index (χ1n) is 6.17. The Labute approximate surface area is 115 Å². The van der Waals surface area contributed by atoms with E-state index in [0.29, 0.717) is 13.1 Å². The lowest BCUT2D eigenvalue weighted by Gasteiger charge is -2.08. The molecule has 0 radical (unpaired) electrons. The predicted molar refractivity (Wildman–Crippen MR) is 78.5 cm³/mol. The Bertz CT molecular complexity index is 464. The van der Waals surface area contributed by atoms with E-state index in [9.17, 15) is 13.2 Å². The molecule has 0 fully saturated rings. The molecule has 0 aliphatic rings. The molecule has 0 aromatic carbocycles. The second kappa shape index (κ2) is 8.12. The van der Waals surface area contributed by atoms with Crippen LogP contribution < -0.4 is 11.1 Å². The lowest BCUT2D eigenvalue weighted by atomic mass is 10.1. The summed E-state index contributed by atoms with van der Waals surface area (Å²) in [5.74, 6) is -0.320. The van der Waals surface area contributed by atoms with Crippen molar-refractivity contribution in [3.05, 3.63) is 23.3 Å². The molecule has 1 atom stereocenters. The average Bonchev–Trinajstić information content (AvgIpc) is 2.22. The highest BCUT2D eigenvalue weighted by molar-refractivity contribution is 7.90. The monoisotopic (exact) mass is 288 g/mol. The lowest BCUT2D eigenvalue weighted by molar-refractivity contribution is -0.123. The summed E-state index contributed by atoms with van der Waals surface area (Å²) in [7, 11) is -3.01. The molecule has 5 nitrogen and oxygen atoms in total. The number of allylic oxidation sites excluding steroid dienone is 2. The minimum Gasteiger partial charge on any atom is -0.354 e. The van der Waals surface area contributed by atoms with Gasteiger partial charge in [0.25, 0.3) is 0 Å². The number of rotatable bonds is 7. The van der Waals surface area contributed by atoms with Gasteiger partial charge in [-0.25, -0.2) is 8.42 Å².